The standard InChI is InChI=1S/C18H18FNO2/c1-2-22-18(21)17(12-15-10-6-7-11-16(15)19)20-13-14-8-4-3-5-9-14/h3-11,13,17H,2,12H2,1H3. The average molecular weight is 299 g/mol. The first kappa shape index (κ1) is 15.9. The van der Waals surface area contributed by atoms with E-state index >= 15 is 0 Å². The van der Waals surface area contributed by atoms with Crippen LogP contribution in [-0.2, 0) is 16.0 Å². The zero-order chi connectivity index (χ0) is 15.8. The number of ether oxygens (including phenoxy) is 1. The largest absolute Gasteiger partial charge is 0.464 e. The lowest BCUT2D eigenvalue weighted by molar-refractivity contribution is -0.144. The first-order chi connectivity index (χ1) is 10.7. The molecule has 0 N–H and O–H groups in total. The van der Waals surface area contributed by atoms with Crippen LogP contribution in [-0.4, -0.2) is 24.8 Å². The molecule has 0 fully saturated rings. The molecule has 1 unspecified atom stereocenters. The molecule has 114 valence electrons. The van der Waals surface area contributed by atoms with Crippen molar-refractivity contribution >= 4 is 12.2 Å². The summed E-state index contributed by atoms with van der Waals surface area (Å²) in [5, 5.41) is 0. The Bertz CT molecular complexity index is 641. The number of benzene rings is 2. The Morgan fingerprint density at radius 3 is 2.55 bits per heavy atom. The van der Waals surface area contributed by atoms with E-state index in [2.05, 4.69) is 4.99 Å². The van der Waals surface area contributed by atoms with E-state index in [1.54, 1.807) is 31.3 Å². The normalized spacial score (nSPS) is 12.3. The van der Waals surface area contributed by atoms with Crippen molar-refractivity contribution in [3.05, 3.63) is 71.5 Å². The van der Waals surface area contributed by atoms with Gasteiger partial charge in [0.05, 0.1) is 6.61 Å². The Hall–Kier alpha value is -2.49. The molecule has 0 aromatic heterocycles. The quantitative estimate of drug-likeness (QED) is 0.605. The molecule has 0 saturated carbocycles. The van der Waals surface area contributed by atoms with Gasteiger partial charge in [-0.25, -0.2) is 9.18 Å². The third kappa shape index (κ3) is 4.52. The van der Waals surface area contributed by atoms with Crippen molar-refractivity contribution in [2.45, 2.75) is 19.4 Å². The molecule has 2 rings (SSSR count). The highest BCUT2D eigenvalue weighted by molar-refractivity contribution is 5.84. The number of hydrogen-bond donors (Lipinski definition) is 0. The molecule has 0 bridgehead atoms. The number of hydrogen-bond acceptors (Lipinski definition) is 3. The Morgan fingerprint density at radius 2 is 1.86 bits per heavy atom. The predicted molar refractivity (Wildman–Crippen MR) is 84.6 cm³/mol. The van der Waals surface area contributed by atoms with Crippen LogP contribution < -0.4 is 0 Å². The second-order valence-electron chi connectivity index (χ2n) is 4.75. The Balaban J connectivity index is 2.18. The maximum atomic E-state index is 13.8. The highest BCUT2D eigenvalue weighted by Crippen LogP contribution is 2.12. The van der Waals surface area contributed by atoms with Crippen LogP contribution in [0.25, 0.3) is 0 Å². The SMILES string of the molecule is CCOC(=O)C(Cc1ccccc1F)N=Cc1ccccc1. The van der Waals surface area contributed by atoms with Crippen LogP contribution in [0.2, 0.25) is 0 Å². The van der Waals surface area contributed by atoms with E-state index in [1.807, 2.05) is 30.3 Å². The number of esters is 1. The second-order valence-corrected chi connectivity index (χ2v) is 4.75. The number of carbonyl (C=O) groups is 1. The summed E-state index contributed by atoms with van der Waals surface area (Å²) >= 11 is 0. The molecule has 4 heteroatoms. The highest BCUT2D eigenvalue weighted by atomic mass is 19.1. The molecule has 22 heavy (non-hydrogen) atoms. The zero-order valence-electron chi connectivity index (χ0n) is 12.4. The van der Waals surface area contributed by atoms with Crippen LogP contribution in [0.4, 0.5) is 4.39 Å². The lowest BCUT2D eigenvalue weighted by atomic mass is 10.1. The fraction of sp³-hybridized carbons (Fsp3) is 0.222. The fourth-order valence-electron chi connectivity index (χ4n) is 2.02. The maximum absolute atomic E-state index is 13.8. The molecule has 0 radical (unpaired) electrons. The van der Waals surface area contributed by atoms with E-state index in [-0.39, 0.29) is 18.8 Å². The van der Waals surface area contributed by atoms with E-state index in [0.717, 1.165) is 5.56 Å². The smallest absolute Gasteiger partial charge is 0.331 e. The van der Waals surface area contributed by atoms with E-state index in [9.17, 15) is 9.18 Å². The van der Waals surface area contributed by atoms with Gasteiger partial charge in [-0.05, 0) is 24.1 Å². The van der Waals surface area contributed by atoms with Gasteiger partial charge in [-0.3, -0.25) is 4.99 Å². The topological polar surface area (TPSA) is 38.7 Å². The van der Waals surface area contributed by atoms with Gasteiger partial charge in [-0.15, -0.1) is 0 Å². The zero-order valence-corrected chi connectivity index (χ0v) is 12.4. The van der Waals surface area contributed by atoms with Crippen molar-refractivity contribution in [1.82, 2.24) is 0 Å². The van der Waals surface area contributed by atoms with Crippen molar-refractivity contribution < 1.29 is 13.9 Å². The number of rotatable bonds is 6. The Labute approximate surface area is 129 Å². The van der Waals surface area contributed by atoms with Crippen LogP contribution in [0.15, 0.2) is 59.6 Å². The maximum Gasteiger partial charge on any atom is 0.331 e. The van der Waals surface area contributed by atoms with Gasteiger partial charge in [0.1, 0.15) is 5.82 Å². The van der Waals surface area contributed by atoms with Gasteiger partial charge in [0.2, 0.25) is 0 Å². The summed E-state index contributed by atoms with van der Waals surface area (Å²) in [5.41, 5.74) is 1.33. The summed E-state index contributed by atoms with van der Waals surface area (Å²) in [7, 11) is 0. The summed E-state index contributed by atoms with van der Waals surface area (Å²) in [6, 6.07) is 15.1. The van der Waals surface area contributed by atoms with Crippen molar-refractivity contribution in [1.29, 1.82) is 0 Å². The first-order valence-electron chi connectivity index (χ1n) is 7.19. The van der Waals surface area contributed by atoms with Gasteiger partial charge >= 0.3 is 5.97 Å². The van der Waals surface area contributed by atoms with Crippen LogP contribution in [0.1, 0.15) is 18.1 Å². The summed E-state index contributed by atoms with van der Waals surface area (Å²) in [5.74, 6) is -0.787. The van der Waals surface area contributed by atoms with Gasteiger partial charge < -0.3 is 4.74 Å². The molecular formula is C18H18FNO2. The fourth-order valence-corrected chi connectivity index (χ4v) is 2.02. The first-order valence-corrected chi connectivity index (χ1v) is 7.19. The molecule has 0 saturated heterocycles. The molecule has 0 aliphatic rings. The summed E-state index contributed by atoms with van der Waals surface area (Å²) < 4.78 is 18.8. The van der Waals surface area contributed by atoms with Crippen molar-refractivity contribution in [3.8, 4) is 0 Å². The minimum Gasteiger partial charge on any atom is -0.464 e. The van der Waals surface area contributed by atoms with Gasteiger partial charge in [-0.2, -0.15) is 0 Å². The molecule has 0 heterocycles. The van der Waals surface area contributed by atoms with Crippen LogP contribution in [0.5, 0.6) is 0 Å². The lowest BCUT2D eigenvalue weighted by Gasteiger charge is -2.12. The summed E-state index contributed by atoms with van der Waals surface area (Å²) in [6.45, 7) is 2.01. The molecule has 0 aliphatic heterocycles. The molecule has 0 aliphatic carbocycles. The van der Waals surface area contributed by atoms with Crippen LogP contribution in [0.3, 0.4) is 0 Å². The van der Waals surface area contributed by atoms with Crippen LogP contribution >= 0.6 is 0 Å². The molecule has 0 amide bonds. The van der Waals surface area contributed by atoms with E-state index in [0.29, 0.717) is 5.56 Å². The van der Waals surface area contributed by atoms with Crippen molar-refractivity contribution in [2.75, 3.05) is 6.61 Å². The number of carbonyl (C=O) groups excluding carboxylic acids is 1. The third-order valence-corrected chi connectivity index (χ3v) is 3.13. The molecule has 0 spiro atoms. The van der Waals surface area contributed by atoms with Gasteiger partial charge in [0, 0.05) is 12.6 Å². The monoisotopic (exact) mass is 299 g/mol. The molecule has 2 aromatic rings. The molecule has 2 aromatic carbocycles. The second kappa shape index (κ2) is 8.08. The minimum absolute atomic E-state index is 0.175. The summed E-state index contributed by atoms with van der Waals surface area (Å²) in [4.78, 5) is 16.3. The Kier molecular flexibility index (Phi) is 5.83. The minimum atomic E-state index is -0.753. The lowest BCUT2D eigenvalue weighted by Crippen LogP contribution is -2.24. The van der Waals surface area contributed by atoms with Crippen LogP contribution in [0, 0.1) is 5.82 Å². The number of halogens is 1. The predicted octanol–water partition coefficient (Wildman–Crippen LogP) is 3.42. The average Bonchev–Trinajstić information content (AvgIpc) is 2.54. The van der Waals surface area contributed by atoms with E-state index in [1.165, 1.54) is 6.07 Å². The van der Waals surface area contributed by atoms with Gasteiger partial charge in [-0.1, -0.05) is 48.5 Å². The van der Waals surface area contributed by atoms with Crippen molar-refractivity contribution in [2.24, 2.45) is 4.99 Å². The van der Waals surface area contributed by atoms with Gasteiger partial charge in [0.25, 0.3) is 0 Å². The molecule has 3 nitrogen and oxygen atoms in total. The molecule has 1 atom stereocenters. The Morgan fingerprint density at radius 1 is 1.18 bits per heavy atom. The highest BCUT2D eigenvalue weighted by Gasteiger charge is 2.20. The van der Waals surface area contributed by atoms with Gasteiger partial charge in [0.15, 0.2) is 6.04 Å². The van der Waals surface area contributed by atoms with E-state index < -0.39 is 12.0 Å². The number of nitrogens with zero attached hydrogens (tertiary/aromatic N) is 1. The number of aliphatic imine (C=N–C) groups is 1. The third-order valence-electron chi connectivity index (χ3n) is 3.13. The summed E-state index contributed by atoms with van der Waals surface area (Å²) in [6.07, 6.45) is 1.79. The van der Waals surface area contributed by atoms with E-state index in [4.69, 9.17) is 4.74 Å². The molecular weight excluding hydrogens is 281 g/mol. The van der Waals surface area contributed by atoms with Crippen molar-refractivity contribution in [3.63, 3.8) is 0 Å².